The van der Waals surface area contributed by atoms with Gasteiger partial charge in [0.05, 0.1) is 19.9 Å². The minimum absolute atomic E-state index is 0.0725. The number of aliphatic hydroxyl groups is 1. The first kappa shape index (κ1) is 16.5. The number of ether oxygens (including phenoxy) is 1. The fourth-order valence-electron chi connectivity index (χ4n) is 2.88. The molecule has 1 amide bonds. The van der Waals surface area contributed by atoms with Crippen LogP contribution in [0.5, 0.6) is 5.75 Å². The van der Waals surface area contributed by atoms with E-state index in [-0.39, 0.29) is 36.3 Å². The van der Waals surface area contributed by atoms with Crippen molar-refractivity contribution >= 4 is 5.91 Å². The number of rotatable bonds is 5. The zero-order valence-electron chi connectivity index (χ0n) is 13.0. The van der Waals surface area contributed by atoms with Crippen LogP contribution < -0.4 is 15.5 Å². The van der Waals surface area contributed by atoms with Gasteiger partial charge in [-0.05, 0) is 12.8 Å². The highest BCUT2D eigenvalue weighted by Gasteiger charge is 2.16. The summed E-state index contributed by atoms with van der Waals surface area (Å²) in [5.74, 6) is 0.0618. The van der Waals surface area contributed by atoms with Gasteiger partial charge in [0.25, 0.3) is 0 Å². The smallest absolute Gasteiger partial charge is 0.240 e. The van der Waals surface area contributed by atoms with Crippen LogP contribution in [-0.2, 0) is 17.9 Å². The molecule has 1 aliphatic carbocycles. The van der Waals surface area contributed by atoms with Crippen molar-refractivity contribution in [3.8, 4) is 5.75 Å². The second-order valence-electron chi connectivity index (χ2n) is 5.74. The van der Waals surface area contributed by atoms with E-state index in [1.54, 1.807) is 4.57 Å². The van der Waals surface area contributed by atoms with E-state index in [1.165, 1.54) is 32.2 Å². The maximum Gasteiger partial charge on any atom is 0.240 e. The van der Waals surface area contributed by atoms with E-state index in [9.17, 15) is 14.7 Å². The minimum atomic E-state index is -0.299. The molecule has 0 bridgehead atoms. The van der Waals surface area contributed by atoms with Crippen molar-refractivity contribution in [1.29, 1.82) is 0 Å². The zero-order chi connectivity index (χ0) is 15.9. The van der Waals surface area contributed by atoms with Gasteiger partial charge < -0.3 is 19.7 Å². The summed E-state index contributed by atoms with van der Waals surface area (Å²) in [5, 5.41) is 12.4. The average molecular weight is 308 g/mol. The van der Waals surface area contributed by atoms with E-state index < -0.39 is 0 Å². The fourth-order valence-corrected chi connectivity index (χ4v) is 2.88. The molecular weight excluding hydrogens is 284 g/mol. The Hall–Kier alpha value is -1.82. The fraction of sp³-hybridized carbons (Fsp3) is 0.625. The summed E-state index contributed by atoms with van der Waals surface area (Å²) in [7, 11) is 1.41. The van der Waals surface area contributed by atoms with Gasteiger partial charge >= 0.3 is 0 Å². The molecule has 1 heterocycles. The number of aromatic nitrogens is 1. The first-order valence-electron chi connectivity index (χ1n) is 7.81. The molecule has 2 rings (SSSR count). The topological polar surface area (TPSA) is 80.6 Å². The lowest BCUT2D eigenvalue weighted by atomic mass is 10.1. The van der Waals surface area contributed by atoms with E-state index in [0.29, 0.717) is 5.69 Å². The van der Waals surface area contributed by atoms with E-state index in [1.807, 2.05) is 0 Å². The van der Waals surface area contributed by atoms with E-state index in [0.717, 1.165) is 25.7 Å². The highest BCUT2D eigenvalue weighted by atomic mass is 16.5. The molecule has 22 heavy (non-hydrogen) atoms. The molecule has 1 aromatic heterocycles. The van der Waals surface area contributed by atoms with Crippen molar-refractivity contribution in [3.63, 3.8) is 0 Å². The van der Waals surface area contributed by atoms with Crippen molar-refractivity contribution in [2.75, 3.05) is 7.11 Å². The highest BCUT2D eigenvalue weighted by Crippen LogP contribution is 2.17. The lowest BCUT2D eigenvalue weighted by molar-refractivity contribution is -0.122. The van der Waals surface area contributed by atoms with Crippen LogP contribution in [0.2, 0.25) is 0 Å². The third-order valence-electron chi connectivity index (χ3n) is 4.10. The number of hydrogen-bond donors (Lipinski definition) is 2. The van der Waals surface area contributed by atoms with Gasteiger partial charge in [-0.1, -0.05) is 25.7 Å². The molecule has 6 heteroatoms. The second kappa shape index (κ2) is 7.98. The monoisotopic (exact) mass is 308 g/mol. The summed E-state index contributed by atoms with van der Waals surface area (Å²) in [6.07, 6.45) is 8.28. The Labute approximate surface area is 130 Å². The largest absolute Gasteiger partial charge is 0.491 e. The molecular formula is C16H24N2O4. The average Bonchev–Trinajstić information content (AvgIpc) is 2.77. The van der Waals surface area contributed by atoms with Crippen molar-refractivity contribution < 1.29 is 14.6 Å². The molecule has 0 aliphatic heterocycles. The Bertz CT molecular complexity index is 560. The van der Waals surface area contributed by atoms with Crippen LogP contribution in [0.4, 0.5) is 0 Å². The third kappa shape index (κ3) is 4.34. The number of methoxy groups -OCH3 is 1. The summed E-state index contributed by atoms with van der Waals surface area (Å²) in [6.45, 7) is -0.223. The van der Waals surface area contributed by atoms with Crippen LogP contribution in [0.1, 0.15) is 44.2 Å². The lowest BCUT2D eigenvalue weighted by Crippen LogP contribution is -2.37. The van der Waals surface area contributed by atoms with Crippen LogP contribution in [0.25, 0.3) is 0 Å². The molecule has 0 aromatic carbocycles. The van der Waals surface area contributed by atoms with Crippen molar-refractivity contribution in [2.24, 2.45) is 0 Å². The standard InChI is InChI=1S/C16H24N2O4/c1-22-15-9-18(13(11-19)8-14(15)20)10-16(21)17-12-6-4-2-3-5-7-12/h8-9,12,19H,2-7,10-11H2,1H3,(H,17,21). The van der Waals surface area contributed by atoms with Gasteiger partial charge in [-0.15, -0.1) is 0 Å². The molecule has 1 aromatic rings. The molecule has 122 valence electrons. The number of nitrogens with one attached hydrogen (secondary N) is 1. The Balaban J connectivity index is 2.05. The quantitative estimate of drug-likeness (QED) is 0.801. The summed E-state index contributed by atoms with van der Waals surface area (Å²) < 4.78 is 6.55. The zero-order valence-corrected chi connectivity index (χ0v) is 13.0. The maximum absolute atomic E-state index is 12.2. The highest BCUT2D eigenvalue weighted by molar-refractivity contribution is 5.76. The predicted molar refractivity (Wildman–Crippen MR) is 82.8 cm³/mol. The van der Waals surface area contributed by atoms with E-state index in [4.69, 9.17) is 4.74 Å². The second-order valence-corrected chi connectivity index (χ2v) is 5.74. The van der Waals surface area contributed by atoms with Gasteiger partial charge in [-0.3, -0.25) is 9.59 Å². The number of amides is 1. The number of carbonyl (C=O) groups excluding carboxylic acids is 1. The van der Waals surface area contributed by atoms with Crippen molar-refractivity contribution in [2.45, 2.75) is 57.7 Å². The number of nitrogens with zero attached hydrogens (tertiary/aromatic N) is 1. The molecule has 1 saturated carbocycles. The van der Waals surface area contributed by atoms with Crippen LogP contribution in [-0.4, -0.2) is 28.7 Å². The number of aliphatic hydroxyl groups excluding tert-OH is 1. The van der Waals surface area contributed by atoms with Crippen LogP contribution in [0.15, 0.2) is 17.1 Å². The Kier molecular flexibility index (Phi) is 6.00. The van der Waals surface area contributed by atoms with Gasteiger partial charge in [0.1, 0.15) is 6.54 Å². The summed E-state index contributed by atoms with van der Waals surface area (Å²) in [5.41, 5.74) is 0.105. The molecule has 6 nitrogen and oxygen atoms in total. The molecule has 2 N–H and O–H groups in total. The van der Waals surface area contributed by atoms with Crippen molar-refractivity contribution in [1.82, 2.24) is 9.88 Å². The molecule has 0 saturated heterocycles. The third-order valence-corrected chi connectivity index (χ3v) is 4.10. The predicted octanol–water partition coefficient (Wildman–Crippen LogP) is 1.19. The first-order chi connectivity index (χ1) is 10.6. The van der Waals surface area contributed by atoms with Gasteiger partial charge in [-0.25, -0.2) is 0 Å². The number of carbonyl (C=O) groups is 1. The van der Waals surface area contributed by atoms with Crippen LogP contribution in [0.3, 0.4) is 0 Å². The SMILES string of the molecule is COc1cn(CC(=O)NC2CCCCCC2)c(CO)cc1=O. The van der Waals surface area contributed by atoms with Gasteiger partial charge in [0.15, 0.2) is 5.75 Å². The number of pyridine rings is 1. The van der Waals surface area contributed by atoms with E-state index in [2.05, 4.69) is 5.32 Å². The molecule has 0 atom stereocenters. The lowest BCUT2D eigenvalue weighted by Gasteiger charge is -2.18. The normalized spacial score (nSPS) is 16.1. The Morgan fingerprint density at radius 2 is 2.05 bits per heavy atom. The molecule has 0 unspecified atom stereocenters. The van der Waals surface area contributed by atoms with Gasteiger partial charge in [0.2, 0.25) is 11.3 Å². The van der Waals surface area contributed by atoms with E-state index >= 15 is 0 Å². The summed E-state index contributed by atoms with van der Waals surface area (Å²) in [6, 6.07) is 1.53. The van der Waals surface area contributed by atoms with Gasteiger partial charge in [-0.2, -0.15) is 0 Å². The molecule has 0 spiro atoms. The number of hydrogen-bond acceptors (Lipinski definition) is 4. The first-order valence-corrected chi connectivity index (χ1v) is 7.81. The Morgan fingerprint density at radius 1 is 1.36 bits per heavy atom. The molecule has 1 aliphatic rings. The molecule has 0 radical (unpaired) electrons. The minimum Gasteiger partial charge on any atom is -0.491 e. The molecule has 1 fully saturated rings. The van der Waals surface area contributed by atoms with Crippen LogP contribution in [0, 0.1) is 0 Å². The summed E-state index contributed by atoms with van der Waals surface area (Å²) >= 11 is 0. The Morgan fingerprint density at radius 3 is 2.64 bits per heavy atom. The van der Waals surface area contributed by atoms with Crippen molar-refractivity contribution in [3.05, 3.63) is 28.2 Å². The summed E-state index contributed by atoms with van der Waals surface area (Å²) in [4.78, 5) is 23.9. The maximum atomic E-state index is 12.2. The van der Waals surface area contributed by atoms with Gasteiger partial charge in [0, 0.05) is 17.8 Å². The van der Waals surface area contributed by atoms with Crippen LogP contribution >= 0.6 is 0 Å².